The molecular formula is C14H13N4O4+. The third kappa shape index (κ3) is 2.41. The van der Waals surface area contributed by atoms with Crippen LogP contribution in [-0.2, 0) is 0 Å². The number of H-pyrrole nitrogens is 2. The Morgan fingerprint density at radius 3 is 2.95 bits per heavy atom. The second-order valence-corrected chi connectivity index (χ2v) is 4.53. The SMILES string of the molecule is CCOc1ccc2c(=O)[nH]c(-[n+]3cc(C(=O)O)c[nH]3)nc2c1. The van der Waals surface area contributed by atoms with E-state index in [0.29, 0.717) is 23.3 Å². The predicted octanol–water partition coefficient (Wildman–Crippen LogP) is 0.625. The zero-order valence-corrected chi connectivity index (χ0v) is 11.7. The first-order chi connectivity index (χ1) is 10.6. The van der Waals surface area contributed by atoms with Crippen LogP contribution in [0.1, 0.15) is 17.3 Å². The van der Waals surface area contributed by atoms with Crippen molar-refractivity contribution in [3.05, 3.63) is 46.5 Å². The van der Waals surface area contributed by atoms with Crippen LogP contribution in [0.25, 0.3) is 16.9 Å². The lowest BCUT2D eigenvalue weighted by Crippen LogP contribution is -2.36. The number of rotatable bonds is 4. The summed E-state index contributed by atoms with van der Waals surface area (Å²) in [6, 6.07) is 5.00. The van der Waals surface area contributed by atoms with Crippen LogP contribution in [0, 0.1) is 0 Å². The van der Waals surface area contributed by atoms with Gasteiger partial charge in [0.1, 0.15) is 17.5 Å². The third-order valence-corrected chi connectivity index (χ3v) is 3.08. The Kier molecular flexibility index (Phi) is 3.34. The highest BCUT2D eigenvalue weighted by Crippen LogP contribution is 2.16. The summed E-state index contributed by atoms with van der Waals surface area (Å²) in [6.45, 7) is 2.37. The van der Waals surface area contributed by atoms with Crippen molar-refractivity contribution in [2.75, 3.05) is 6.61 Å². The number of aromatic amines is 2. The summed E-state index contributed by atoms with van der Waals surface area (Å²) in [6.07, 6.45) is 2.64. The van der Waals surface area contributed by atoms with Gasteiger partial charge in [-0.05, 0) is 19.1 Å². The van der Waals surface area contributed by atoms with Crippen molar-refractivity contribution in [2.24, 2.45) is 0 Å². The lowest BCUT2D eigenvalue weighted by Gasteiger charge is -2.02. The molecule has 3 rings (SSSR count). The highest BCUT2D eigenvalue weighted by molar-refractivity contribution is 5.86. The highest BCUT2D eigenvalue weighted by Gasteiger charge is 2.17. The first-order valence-corrected chi connectivity index (χ1v) is 6.59. The van der Waals surface area contributed by atoms with Crippen molar-refractivity contribution < 1.29 is 19.3 Å². The van der Waals surface area contributed by atoms with E-state index in [1.807, 2.05) is 6.92 Å². The predicted molar refractivity (Wildman–Crippen MR) is 76.4 cm³/mol. The Morgan fingerprint density at radius 2 is 2.27 bits per heavy atom. The summed E-state index contributed by atoms with van der Waals surface area (Å²) in [7, 11) is 0. The Morgan fingerprint density at radius 1 is 1.45 bits per heavy atom. The number of nitrogens with one attached hydrogen (secondary N) is 2. The molecule has 8 nitrogen and oxygen atoms in total. The number of carbonyl (C=O) groups is 1. The molecule has 3 aromatic rings. The van der Waals surface area contributed by atoms with E-state index in [-0.39, 0.29) is 17.1 Å². The molecule has 0 bridgehead atoms. The molecule has 112 valence electrons. The Labute approximate surface area is 124 Å². The van der Waals surface area contributed by atoms with Crippen LogP contribution in [0.5, 0.6) is 5.75 Å². The Bertz CT molecular complexity index is 913. The summed E-state index contributed by atoms with van der Waals surface area (Å²) >= 11 is 0. The zero-order chi connectivity index (χ0) is 15.7. The van der Waals surface area contributed by atoms with Gasteiger partial charge >= 0.3 is 17.5 Å². The number of aromatic carboxylic acids is 1. The van der Waals surface area contributed by atoms with Gasteiger partial charge in [0, 0.05) is 12.3 Å². The molecule has 1 aromatic carbocycles. The molecule has 3 N–H and O–H groups in total. The van der Waals surface area contributed by atoms with Crippen molar-refractivity contribution in [1.82, 2.24) is 15.1 Å². The number of carboxylic acids is 1. The molecule has 8 heteroatoms. The van der Waals surface area contributed by atoms with Crippen LogP contribution < -0.4 is 15.0 Å². The average molecular weight is 301 g/mol. The molecular weight excluding hydrogens is 288 g/mol. The van der Waals surface area contributed by atoms with Crippen LogP contribution in [-0.4, -0.2) is 32.7 Å². The maximum Gasteiger partial charge on any atom is 0.421 e. The van der Waals surface area contributed by atoms with Gasteiger partial charge in [-0.25, -0.2) is 9.78 Å². The zero-order valence-electron chi connectivity index (χ0n) is 11.7. The first kappa shape index (κ1) is 13.8. The van der Waals surface area contributed by atoms with Crippen LogP contribution in [0.2, 0.25) is 0 Å². The van der Waals surface area contributed by atoms with Crippen molar-refractivity contribution in [3.8, 4) is 11.7 Å². The molecule has 2 heterocycles. The van der Waals surface area contributed by atoms with E-state index in [1.54, 1.807) is 18.2 Å². The van der Waals surface area contributed by atoms with E-state index >= 15 is 0 Å². The van der Waals surface area contributed by atoms with Gasteiger partial charge in [0.05, 0.1) is 12.0 Å². The van der Waals surface area contributed by atoms with Gasteiger partial charge in [-0.3, -0.25) is 9.89 Å². The number of carboxylic acid groups (broad SMARTS) is 1. The average Bonchev–Trinajstić information content (AvgIpc) is 2.97. The quantitative estimate of drug-likeness (QED) is 0.612. The van der Waals surface area contributed by atoms with Crippen molar-refractivity contribution >= 4 is 16.9 Å². The molecule has 0 aliphatic rings. The van der Waals surface area contributed by atoms with E-state index < -0.39 is 5.97 Å². The normalized spacial score (nSPS) is 10.8. The molecule has 0 amide bonds. The fraction of sp³-hybridized carbons (Fsp3) is 0.143. The van der Waals surface area contributed by atoms with Crippen LogP contribution in [0.3, 0.4) is 0 Å². The van der Waals surface area contributed by atoms with Gasteiger partial charge in [0.25, 0.3) is 0 Å². The van der Waals surface area contributed by atoms with Gasteiger partial charge in [-0.2, -0.15) is 0 Å². The van der Waals surface area contributed by atoms with Gasteiger partial charge in [-0.15, -0.1) is 4.68 Å². The number of fused-ring (bicyclic) bond motifs is 1. The first-order valence-electron chi connectivity index (χ1n) is 6.59. The number of nitrogens with zero attached hydrogens (tertiary/aromatic N) is 2. The van der Waals surface area contributed by atoms with Gasteiger partial charge < -0.3 is 9.84 Å². The number of hydrogen-bond donors (Lipinski definition) is 3. The lowest BCUT2D eigenvalue weighted by atomic mass is 10.2. The summed E-state index contributed by atoms with van der Waals surface area (Å²) in [4.78, 5) is 29.9. The molecule has 22 heavy (non-hydrogen) atoms. The highest BCUT2D eigenvalue weighted by atomic mass is 16.5. The minimum absolute atomic E-state index is 0.0609. The Hall–Kier alpha value is -3.16. The summed E-state index contributed by atoms with van der Waals surface area (Å²) < 4.78 is 6.72. The van der Waals surface area contributed by atoms with Gasteiger partial charge in [-0.1, -0.05) is 4.98 Å². The van der Waals surface area contributed by atoms with Gasteiger partial charge in [0.2, 0.25) is 0 Å². The smallest absolute Gasteiger partial charge is 0.421 e. The number of benzene rings is 1. The molecule has 0 spiro atoms. The van der Waals surface area contributed by atoms with Crippen LogP contribution in [0.15, 0.2) is 35.4 Å². The maximum absolute atomic E-state index is 12.1. The third-order valence-electron chi connectivity index (χ3n) is 3.08. The maximum atomic E-state index is 12.1. The number of aromatic nitrogens is 4. The number of hydrogen-bond acceptors (Lipinski definition) is 4. The standard InChI is InChI=1S/C14H12N4O4/c1-2-22-9-3-4-10-11(5-9)16-14(17-12(10)19)18-7-8(6-15-18)13(20)21/h3-7H,2H2,1H3,(H2,16,17,19,20,21)/p+1. The second kappa shape index (κ2) is 5.32. The van der Waals surface area contributed by atoms with E-state index in [1.165, 1.54) is 17.1 Å². The van der Waals surface area contributed by atoms with Crippen molar-refractivity contribution in [2.45, 2.75) is 6.92 Å². The molecule has 0 aliphatic heterocycles. The molecule has 0 fully saturated rings. The fourth-order valence-electron chi connectivity index (χ4n) is 2.07. The van der Waals surface area contributed by atoms with E-state index in [2.05, 4.69) is 15.1 Å². The van der Waals surface area contributed by atoms with Crippen molar-refractivity contribution in [1.29, 1.82) is 0 Å². The minimum Gasteiger partial charge on any atom is -0.494 e. The van der Waals surface area contributed by atoms with Crippen LogP contribution >= 0.6 is 0 Å². The van der Waals surface area contributed by atoms with Gasteiger partial charge in [0.15, 0.2) is 5.52 Å². The largest absolute Gasteiger partial charge is 0.494 e. The van der Waals surface area contributed by atoms with E-state index in [0.717, 1.165) is 0 Å². The summed E-state index contributed by atoms with van der Waals surface area (Å²) in [5.41, 5.74) is 0.205. The summed E-state index contributed by atoms with van der Waals surface area (Å²) in [5, 5.41) is 12.1. The monoisotopic (exact) mass is 301 g/mol. The molecule has 0 radical (unpaired) electrons. The number of ether oxygens (including phenoxy) is 1. The topological polar surface area (TPSA) is 112 Å². The van der Waals surface area contributed by atoms with E-state index in [9.17, 15) is 9.59 Å². The molecule has 0 aliphatic carbocycles. The van der Waals surface area contributed by atoms with Crippen molar-refractivity contribution in [3.63, 3.8) is 0 Å². The molecule has 2 aromatic heterocycles. The molecule has 0 unspecified atom stereocenters. The molecule has 0 saturated carbocycles. The minimum atomic E-state index is -1.07. The fourth-order valence-corrected chi connectivity index (χ4v) is 2.07. The van der Waals surface area contributed by atoms with Crippen LogP contribution in [0.4, 0.5) is 0 Å². The molecule has 0 saturated heterocycles. The molecule has 0 atom stereocenters. The lowest BCUT2D eigenvalue weighted by molar-refractivity contribution is -0.662. The Balaban J connectivity index is 2.13. The van der Waals surface area contributed by atoms with E-state index in [4.69, 9.17) is 9.84 Å². The second-order valence-electron chi connectivity index (χ2n) is 4.53. The summed E-state index contributed by atoms with van der Waals surface area (Å²) in [5.74, 6) is -0.267.